The molecule has 0 atom stereocenters. The molecule has 0 bridgehead atoms. The lowest BCUT2D eigenvalue weighted by molar-refractivity contribution is -0.114. The van der Waals surface area contributed by atoms with E-state index in [4.69, 9.17) is 0 Å². The van der Waals surface area contributed by atoms with Crippen molar-refractivity contribution in [2.45, 2.75) is 25.9 Å². The first-order chi connectivity index (χ1) is 8.58. The summed E-state index contributed by atoms with van der Waals surface area (Å²) in [5.74, 6) is 0.487. The Bertz CT molecular complexity index is 579. The lowest BCUT2D eigenvalue weighted by atomic mass is 10.1. The maximum atomic E-state index is 11.0. The smallest absolute Gasteiger partial charge is 0.214 e. The van der Waals surface area contributed by atoms with E-state index in [1.807, 2.05) is 26.0 Å². The van der Waals surface area contributed by atoms with E-state index in [1.165, 1.54) is 17.3 Å². The number of ketones is 1. The highest BCUT2D eigenvalue weighted by molar-refractivity contribution is 7.99. The van der Waals surface area contributed by atoms with Crippen LogP contribution >= 0.6 is 11.8 Å². The normalized spacial score (nSPS) is 10.6. The van der Waals surface area contributed by atoms with Gasteiger partial charge in [0.05, 0.1) is 11.4 Å². The average molecular weight is 262 g/mol. The van der Waals surface area contributed by atoms with E-state index in [2.05, 4.69) is 21.6 Å². The predicted molar refractivity (Wildman–Crippen MR) is 70.0 cm³/mol. The van der Waals surface area contributed by atoms with Gasteiger partial charge in [-0.2, -0.15) is 4.68 Å². The average Bonchev–Trinajstić information content (AvgIpc) is 2.74. The molecular formula is C12H14N4OS. The first kappa shape index (κ1) is 12.8. The van der Waals surface area contributed by atoms with Crippen LogP contribution in [0.5, 0.6) is 0 Å². The zero-order valence-corrected chi connectivity index (χ0v) is 11.4. The van der Waals surface area contributed by atoms with Gasteiger partial charge in [-0.3, -0.25) is 4.79 Å². The van der Waals surface area contributed by atoms with Crippen LogP contribution in [0.2, 0.25) is 0 Å². The van der Waals surface area contributed by atoms with Crippen LogP contribution in [0.1, 0.15) is 18.1 Å². The molecule has 0 unspecified atom stereocenters. The molecule has 0 N–H and O–H groups in total. The highest BCUT2D eigenvalue weighted by atomic mass is 32.2. The first-order valence-corrected chi connectivity index (χ1v) is 6.54. The van der Waals surface area contributed by atoms with Crippen LogP contribution in [-0.4, -0.2) is 31.7 Å². The second kappa shape index (κ2) is 5.30. The number of carbonyl (C=O) groups excluding carboxylic acids is 1. The summed E-state index contributed by atoms with van der Waals surface area (Å²) in [4.78, 5) is 11.0. The molecule has 94 valence electrons. The fourth-order valence-electron chi connectivity index (χ4n) is 1.63. The molecule has 1 aromatic carbocycles. The SMILES string of the molecule is CC(=O)CSc1nnnn1-c1ccc(C)cc1C. The number of hydrogen-bond acceptors (Lipinski definition) is 5. The van der Waals surface area contributed by atoms with Gasteiger partial charge in [0.2, 0.25) is 5.16 Å². The molecule has 0 amide bonds. The van der Waals surface area contributed by atoms with Crippen LogP contribution in [0.4, 0.5) is 0 Å². The number of hydrogen-bond donors (Lipinski definition) is 0. The fraction of sp³-hybridized carbons (Fsp3) is 0.333. The number of thioether (sulfide) groups is 1. The Labute approximate surface area is 110 Å². The van der Waals surface area contributed by atoms with Crippen molar-refractivity contribution in [1.82, 2.24) is 20.2 Å². The van der Waals surface area contributed by atoms with E-state index in [-0.39, 0.29) is 5.78 Å². The van der Waals surface area contributed by atoms with Gasteiger partial charge in [-0.1, -0.05) is 29.5 Å². The van der Waals surface area contributed by atoms with Gasteiger partial charge < -0.3 is 0 Å². The summed E-state index contributed by atoms with van der Waals surface area (Å²) >= 11 is 1.35. The highest BCUT2D eigenvalue weighted by Crippen LogP contribution is 2.21. The topological polar surface area (TPSA) is 60.7 Å². The van der Waals surface area contributed by atoms with E-state index in [0.29, 0.717) is 10.9 Å². The number of carbonyl (C=O) groups is 1. The molecule has 0 saturated carbocycles. The maximum Gasteiger partial charge on any atom is 0.214 e. The molecule has 18 heavy (non-hydrogen) atoms. The van der Waals surface area contributed by atoms with Crippen molar-refractivity contribution in [3.05, 3.63) is 29.3 Å². The van der Waals surface area contributed by atoms with Gasteiger partial charge in [-0.05, 0) is 42.8 Å². The molecule has 0 aliphatic heterocycles. The predicted octanol–water partition coefficient (Wildman–Crippen LogP) is 1.96. The molecule has 0 saturated heterocycles. The van der Waals surface area contributed by atoms with Gasteiger partial charge in [0, 0.05) is 0 Å². The van der Waals surface area contributed by atoms with Gasteiger partial charge >= 0.3 is 0 Å². The number of aryl methyl sites for hydroxylation is 2. The summed E-state index contributed by atoms with van der Waals surface area (Å²) in [6.07, 6.45) is 0. The minimum atomic E-state index is 0.107. The Morgan fingerprint density at radius 1 is 1.39 bits per heavy atom. The largest absolute Gasteiger partial charge is 0.299 e. The van der Waals surface area contributed by atoms with Gasteiger partial charge in [0.15, 0.2) is 0 Å². The Hall–Kier alpha value is -1.69. The highest BCUT2D eigenvalue weighted by Gasteiger charge is 2.11. The Morgan fingerprint density at radius 3 is 2.83 bits per heavy atom. The Morgan fingerprint density at radius 2 is 2.17 bits per heavy atom. The third-order valence-electron chi connectivity index (χ3n) is 2.43. The van der Waals surface area contributed by atoms with Crippen molar-refractivity contribution in [3.63, 3.8) is 0 Å². The number of aromatic nitrogens is 4. The summed E-state index contributed by atoms with van der Waals surface area (Å²) in [5.41, 5.74) is 3.24. The third-order valence-corrected chi connectivity index (χ3v) is 3.49. The number of nitrogens with zero attached hydrogens (tertiary/aromatic N) is 4. The van der Waals surface area contributed by atoms with E-state index >= 15 is 0 Å². The van der Waals surface area contributed by atoms with Crippen LogP contribution in [-0.2, 0) is 4.79 Å². The maximum absolute atomic E-state index is 11.0. The molecule has 2 rings (SSSR count). The van der Waals surface area contributed by atoms with E-state index < -0.39 is 0 Å². The zero-order valence-electron chi connectivity index (χ0n) is 10.5. The summed E-state index contributed by atoms with van der Waals surface area (Å²) in [6.45, 7) is 5.61. The Balaban J connectivity index is 2.33. The minimum Gasteiger partial charge on any atom is -0.299 e. The molecule has 6 heteroatoms. The number of Topliss-reactive ketones (excluding diaryl/α,β-unsaturated/α-hetero) is 1. The van der Waals surface area contributed by atoms with Gasteiger partial charge in [-0.25, -0.2) is 0 Å². The van der Waals surface area contributed by atoms with Crippen LogP contribution in [0, 0.1) is 13.8 Å². The molecule has 0 fully saturated rings. The van der Waals surface area contributed by atoms with E-state index in [9.17, 15) is 4.79 Å². The third kappa shape index (κ3) is 2.76. The minimum absolute atomic E-state index is 0.107. The summed E-state index contributed by atoms with van der Waals surface area (Å²) in [6, 6.07) is 6.08. The van der Waals surface area contributed by atoms with Crippen LogP contribution < -0.4 is 0 Å². The van der Waals surface area contributed by atoms with Crippen LogP contribution in [0.25, 0.3) is 5.69 Å². The molecule has 1 aromatic heterocycles. The molecular weight excluding hydrogens is 248 g/mol. The molecule has 0 aliphatic carbocycles. The lowest BCUT2D eigenvalue weighted by Gasteiger charge is -2.07. The standard InChI is InChI=1S/C12H14N4OS/c1-8-4-5-11(9(2)6-8)16-12(13-14-15-16)18-7-10(3)17/h4-6H,7H2,1-3H3. The fourth-order valence-corrected chi connectivity index (χ4v) is 2.31. The second-order valence-corrected chi connectivity index (χ2v) is 5.10. The molecule has 0 radical (unpaired) electrons. The summed E-state index contributed by atoms with van der Waals surface area (Å²) < 4.78 is 1.67. The number of tetrazole rings is 1. The number of benzene rings is 1. The van der Waals surface area contributed by atoms with Crippen molar-refractivity contribution >= 4 is 17.5 Å². The number of rotatable bonds is 4. The first-order valence-electron chi connectivity index (χ1n) is 5.56. The monoisotopic (exact) mass is 262 g/mol. The second-order valence-electron chi connectivity index (χ2n) is 4.15. The van der Waals surface area contributed by atoms with Crippen molar-refractivity contribution in [2.24, 2.45) is 0 Å². The Kier molecular flexibility index (Phi) is 3.76. The van der Waals surface area contributed by atoms with Crippen molar-refractivity contribution in [2.75, 3.05) is 5.75 Å². The molecule has 1 heterocycles. The van der Waals surface area contributed by atoms with Crippen molar-refractivity contribution in [3.8, 4) is 5.69 Å². The van der Waals surface area contributed by atoms with Crippen LogP contribution in [0.15, 0.2) is 23.4 Å². The molecule has 0 aliphatic rings. The van der Waals surface area contributed by atoms with Crippen molar-refractivity contribution in [1.29, 1.82) is 0 Å². The molecule has 0 spiro atoms. The van der Waals surface area contributed by atoms with Gasteiger partial charge in [-0.15, -0.1) is 5.10 Å². The van der Waals surface area contributed by atoms with Crippen molar-refractivity contribution < 1.29 is 4.79 Å². The quantitative estimate of drug-likeness (QED) is 0.788. The lowest BCUT2D eigenvalue weighted by Crippen LogP contribution is -2.03. The van der Waals surface area contributed by atoms with Gasteiger partial charge in [0.1, 0.15) is 5.78 Å². The van der Waals surface area contributed by atoms with Gasteiger partial charge in [0.25, 0.3) is 0 Å². The molecule has 5 nitrogen and oxygen atoms in total. The molecule has 2 aromatic rings. The van der Waals surface area contributed by atoms with E-state index in [1.54, 1.807) is 11.6 Å². The van der Waals surface area contributed by atoms with E-state index in [0.717, 1.165) is 11.3 Å². The zero-order chi connectivity index (χ0) is 13.1. The van der Waals surface area contributed by atoms with Crippen LogP contribution in [0.3, 0.4) is 0 Å². The summed E-state index contributed by atoms with van der Waals surface area (Å²) in [7, 11) is 0. The summed E-state index contributed by atoms with van der Waals surface area (Å²) in [5, 5.41) is 12.2.